The van der Waals surface area contributed by atoms with Crippen LogP contribution in [0.4, 0.5) is 10.8 Å². The van der Waals surface area contributed by atoms with Crippen LogP contribution in [0.3, 0.4) is 0 Å². The Bertz CT molecular complexity index is 2040. The third-order valence-corrected chi connectivity index (χ3v) is 10.4. The van der Waals surface area contributed by atoms with Gasteiger partial charge < -0.3 is 9.32 Å². The number of carbonyl (C=O) groups excluding carboxylic acids is 2. The van der Waals surface area contributed by atoms with E-state index in [-0.39, 0.29) is 22.0 Å². The molecule has 0 N–H and O–H groups in total. The molecule has 0 aliphatic carbocycles. The zero-order chi connectivity index (χ0) is 30.0. The molecule has 1 spiro atoms. The molecule has 1 atom stereocenters. The van der Waals surface area contributed by atoms with Gasteiger partial charge in [0.25, 0.3) is 11.8 Å². The summed E-state index contributed by atoms with van der Waals surface area (Å²) in [5.41, 5.74) is 0.943. The van der Waals surface area contributed by atoms with Gasteiger partial charge in [-0.15, -0.1) is 10.2 Å². The quantitative estimate of drug-likeness (QED) is 0.142. The van der Waals surface area contributed by atoms with Crippen LogP contribution in [0.2, 0.25) is 10.0 Å². The van der Waals surface area contributed by atoms with Crippen molar-refractivity contribution in [3.05, 3.63) is 109 Å². The highest BCUT2D eigenvalue weighted by atomic mass is 35.5. The number of rotatable bonds is 6. The van der Waals surface area contributed by atoms with E-state index in [2.05, 4.69) is 10.2 Å². The Morgan fingerprint density at radius 2 is 1.84 bits per heavy atom. The number of halogens is 2. The van der Waals surface area contributed by atoms with E-state index < -0.39 is 22.8 Å². The summed E-state index contributed by atoms with van der Waals surface area (Å²) in [4.78, 5) is 46.3. The summed E-state index contributed by atoms with van der Waals surface area (Å²) in [6.45, 7) is 4.25. The number of fused-ring (bicyclic) bond motifs is 5. The Morgan fingerprint density at radius 1 is 1.02 bits per heavy atom. The fourth-order valence-electron chi connectivity index (χ4n) is 5.85. The number of hydrogen-bond donors (Lipinski definition) is 0. The van der Waals surface area contributed by atoms with Crippen LogP contribution in [0.5, 0.6) is 0 Å². The van der Waals surface area contributed by atoms with Crippen molar-refractivity contribution in [1.29, 1.82) is 0 Å². The highest BCUT2D eigenvalue weighted by molar-refractivity contribution is 8.00. The van der Waals surface area contributed by atoms with Gasteiger partial charge in [-0.2, -0.15) is 0 Å². The molecule has 2 amide bonds. The summed E-state index contributed by atoms with van der Waals surface area (Å²) in [6, 6.07) is 17.7. The molecular weight excluding hydrogens is 627 g/mol. The third-order valence-electron chi connectivity index (χ3n) is 7.68. The van der Waals surface area contributed by atoms with E-state index in [9.17, 15) is 14.4 Å². The highest BCUT2D eigenvalue weighted by Gasteiger charge is 2.66. The Morgan fingerprint density at radius 3 is 2.63 bits per heavy atom. The number of amides is 2. The molecule has 2 aromatic heterocycles. The molecule has 216 valence electrons. The fourth-order valence-corrected chi connectivity index (χ4v) is 8.30. The van der Waals surface area contributed by atoms with Crippen LogP contribution in [0, 0.1) is 6.92 Å². The standard InChI is InChI=1S/C31H22Cl2N4O4S2/c1-3-12-36-22-7-5-4-6-20(22)31(28(36)40)24-25(38)19-13-16(2)8-11-23(19)41-26(24)27(39)37(31)29-34-35-30(43-29)42-15-17-9-10-18(32)14-21(17)33/h4-11,13-14H,3,12,15H2,1-2H3. The minimum atomic E-state index is -1.79. The van der Waals surface area contributed by atoms with Crippen molar-refractivity contribution in [1.82, 2.24) is 10.2 Å². The summed E-state index contributed by atoms with van der Waals surface area (Å²) >= 11 is 15.0. The average Bonchev–Trinajstić information content (AvgIpc) is 3.62. The third kappa shape index (κ3) is 4.15. The summed E-state index contributed by atoms with van der Waals surface area (Å²) in [6.07, 6.45) is 0.676. The maximum Gasteiger partial charge on any atom is 0.297 e. The number of nitrogens with zero attached hydrogens (tertiary/aromatic N) is 4. The molecule has 0 saturated heterocycles. The second-order valence-corrected chi connectivity index (χ2v) is 13.4. The molecule has 0 radical (unpaired) electrons. The molecule has 5 aromatic rings. The van der Waals surface area contributed by atoms with Crippen LogP contribution >= 0.6 is 46.3 Å². The summed E-state index contributed by atoms with van der Waals surface area (Å²) < 4.78 is 6.71. The van der Waals surface area contributed by atoms with Gasteiger partial charge in [-0.3, -0.25) is 19.3 Å². The summed E-state index contributed by atoms with van der Waals surface area (Å²) in [5.74, 6) is -0.704. The van der Waals surface area contributed by atoms with Gasteiger partial charge in [-0.05, 0) is 49.2 Å². The van der Waals surface area contributed by atoms with Crippen molar-refractivity contribution in [3.63, 3.8) is 0 Å². The van der Waals surface area contributed by atoms with Gasteiger partial charge in [0.1, 0.15) is 5.58 Å². The van der Waals surface area contributed by atoms with Gasteiger partial charge in [-0.1, -0.05) is 89.1 Å². The van der Waals surface area contributed by atoms with E-state index >= 15 is 0 Å². The lowest BCUT2D eigenvalue weighted by atomic mass is 9.84. The molecule has 2 aliphatic rings. The number of para-hydroxylation sites is 1. The number of anilines is 2. The second-order valence-electron chi connectivity index (χ2n) is 10.3. The maximum absolute atomic E-state index is 14.7. The Labute approximate surface area is 264 Å². The largest absolute Gasteiger partial charge is 0.450 e. The van der Waals surface area contributed by atoms with E-state index in [1.54, 1.807) is 41.3 Å². The SMILES string of the molecule is CCCN1C(=O)C2(c3ccccc31)c1c(oc3ccc(C)cc3c1=O)C(=O)N2c1nnc(SCc2ccc(Cl)cc2Cl)s1. The molecule has 0 saturated carbocycles. The molecule has 1 unspecified atom stereocenters. The number of aryl methyl sites for hydroxylation is 1. The predicted molar refractivity (Wildman–Crippen MR) is 170 cm³/mol. The minimum absolute atomic E-state index is 0.00371. The summed E-state index contributed by atoms with van der Waals surface area (Å²) in [5, 5.41) is 10.3. The Hall–Kier alpha value is -3.70. The molecule has 7 rings (SSSR count). The minimum Gasteiger partial charge on any atom is -0.450 e. The molecule has 3 aromatic carbocycles. The van der Waals surface area contributed by atoms with Crippen LogP contribution in [0.1, 0.15) is 46.2 Å². The van der Waals surface area contributed by atoms with Crippen LogP contribution in [0.25, 0.3) is 11.0 Å². The molecule has 43 heavy (non-hydrogen) atoms. The second kappa shape index (κ2) is 10.5. The van der Waals surface area contributed by atoms with E-state index in [0.29, 0.717) is 49.7 Å². The van der Waals surface area contributed by atoms with Gasteiger partial charge >= 0.3 is 0 Å². The van der Waals surface area contributed by atoms with Crippen molar-refractivity contribution < 1.29 is 14.0 Å². The fraction of sp³-hybridized carbons (Fsp3) is 0.194. The van der Waals surface area contributed by atoms with Crippen molar-refractivity contribution in [2.45, 2.75) is 35.9 Å². The first-order valence-electron chi connectivity index (χ1n) is 13.5. The van der Waals surface area contributed by atoms with Crippen molar-refractivity contribution in [2.75, 3.05) is 16.3 Å². The first kappa shape index (κ1) is 28.1. The number of thioether (sulfide) groups is 1. The van der Waals surface area contributed by atoms with Crippen LogP contribution in [0.15, 0.2) is 74.2 Å². The van der Waals surface area contributed by atoms with E-state index in [1.807, 2.05) is 38.1 Å². The van der Waals surface area contributed by atoms with Gasteiger partial charge in [0.15, 0.2) is 15.3 Å². The number of carbonyl (C=O) groups is 2. The van der Waals surface area contributed by atoms with E-state index in [0.717, 1.165) is 22.5 Å². The monoisotopic (exact) mass is 648 g/mol. The van der Waals surface area contributed by atoms with Gasteiger partial charge in [0.2, 0.25) is 10.9 Å². The Balaban J connectivity index is 1.42. The number of hydrogen-bond acceptors (Lipinski definition) is 8. The molecule has 0 fully saturated rings. The molecule has 2 aliphatic heterocycles. The van der Waals surface area contributed by atoms with Crippen LogP contribution in [-0.2, 0) is 16.1 Å². The first-order chi connectivity index (χ1) is 20.7. The highest BCUT2D eigenvalue weighted by Crippen LogP contribution is 2.54. The van der Waals surface area contributed by atoms with Gasteiger partial charge in [0, 0.05) is 27.9 Å². The average molecular weight is 650 g/mol. The number of aromatic nitrogens is 2. The Kier molecular flexibility index (Phi) is 6.85. The van der Waals surface area contributed by atoms with Crippen molar-refractivity contribution in [3.8, 4) is 0 Å². The lowest BCUT2D eigenvalue weighted by Gasteiger charge is -2.32. The van der Waals surface area contributed by atoms with Crippen molar-refractivity contribution >= 4 is 79.9 Å². The van der Waals surface area contributed by atoms with Gasteiger partial charge in [-0.25, -0.2) is 0 Å². The predicted octanol–water partition coefficient (Wildman–Crippen LogP) is 7.21. The molecule has 12 heteroatoms. The zero-order valence-electron chi connectivity index (χ0n) is 22.9. The zero-order valence-corrected chi connectivity index (χ0v) is 26.0. The van der Waals surface area contributed by atoms with Crippen LogP contribution < -0.4 is 15.2 Å². The molecule has 8 nitrogen and oxygen atoms in total. The molecule has 0 bridgehead atoms. The molecular formula is C31H22Cl2N4O4S2. The maximum atomic E-state index is 14.7. The summed E-state index contributed by atoms with van der Waals surface area (Å²) in [7, 11) is 0. The first-order valence-corrected chi connectivity index (χ1v) is 16.1. The lowest BCUT2D eigenvalue weighted by Crippen LogP contribution is -2.53. The van der Waals surface area contributed by atoms with E-state index in [1.165, 1.54) is 16.7 Å². The normalized spacial score (nSPS) is 17.4. The van der Waals surface area contributed by atoms with Gasteiger partial charge in [0.05, 0.1) is 16.6 Å². The number of benzene rings is 3. The molecule has 4 heterocycles. The smallest absolute Gasteiger partial charge is 0.297 e. The lowest BCUT2D eigenvalue weighted by molar-refractivity contribution is -0.121. The van der Waals surface area contributed by atoms with Crippen LogP contribution in [-0.4, -0.2) is 28.6 Å². The van der Waals surface area contributed by atoms with Crippen molar-refractivity contribution in [2.24, 2.45) is 0 Å². The van der Waals surface area contributed by atoms with E-state index in [4.69, 9.17) is 27.6 Å². The topological polar surface area (TPSA) is 96.6 Å².